The maximum Gasteiger partial charge on any atom is 0.138 e. The van der Waals surface area contributed by atoms with Crippen molar-refractivity contribution in [3.05, 3.63) is 47.5 Å². The molecule has 0 N–H and O–H groups in total. The highest BCUT2D eigenvalue weighted by atomic mass is 35.5. The number of ether oxygens (including phenoxy) is 1. The van der Waals surface area contributed by atoms with Crippen LogP contribution in [0.15, 0.2) is 36.8 Å². The molecule has 0 fully saturated rings. The van der Waals surface area contributed by atoms with Crippen LogP contribution in [0.4, 0.5) is 0 Å². The number of imidazole rings is 1. The summed E-state index contributed by atoms with van der Waals surface area (Å²) in [5.41, 5.74) is 0.904. The standard InChI is InChI=1S/C12H13ClN2O/c1-2-15-7-10(14-9-15)8-16-12-6-4-3-5-11(12)13/h3-7,9H,2,8H2,1H3. The highest BCUT2D eigenvalue weighted by Gasteiger charge is 2.02. The minimum atomic E-state index is 0.441. The van der Waals surface area contributed by atoms with Crippen molar-refractivity contribution in [2.24, 2.45) is 0 Å². The van der Waals surface area contributed by atoms with Gasteiger partial charge in [0.15, 0.2) is 0 Å². The predicted molar refractivity (Wildman–Crippen MR) is 63.7 cm³/mol. The van der Waals surface area contributed by atoms with E-state index in [0.717, 1.165) is 12.2 Å². The molecule has 2 aromatic rings. The number of hydrogen-bond acceptors (Lipinski definition) is 2. The Hall–Kier alpha value is -1.48. The molecule has 0 aliphatic heterocycles. The summed E-state index contributed by atoms with van der Waals surface area (Å²) in [6.45, 7) is 3.43. The highest BCUT2D eigenvalue weighted by molar-refractivity contribution is 6.32. The second-order valence-corrected chi connectivity index (χ2v) is 3.82. The van der Waals surface area contributed by atoms with Crippen LogP contribution in [0.25, 0.3) is 0 Å². The minimum Gasteiger partial charge on any atom is -0.486 e. The molecule has 0 unspecified atom stereocenters. The molecule has 0 aliphatic rings. The van der Waals surface area contributed by atoms with Crippen molar-refractivity contribution in [1.29, 1.82) is 0 Å². The van der Waals surface area contributed by atoms with Crippen molar-refractivity contribution < 1.29 is 4.74 Å². The molecule has 3 nitrogen and oxygen atoms in total. The van der Waals surface area contributed by atoms with E-state index in [2.05, 4.69) is 11.9 Å². The van der Waals surface area contributed by atoms with E-state index in [1.807, 2.05) is 35.0 Å². The monoisotopic (exact) mass is 236 g/mol. The molecule has 0 spiro atoms. The van der Waals surface area contributed by atoms with Crippen LogP contribution in [0.3, 0.4) is 0 Å². The van der Waals surface area contributed by atoms with Gasteiger partial charge in [0.05, 0.1) is 17.0 Å². The van der Waals surface area contributed by atoms with Crippen LogP contribution < -0.4 is 4.74 Å². The molecule has 1 aromatic carbocycles. The Morgan fingerprint density at radius 1 is 1.38 bits per heavy atom. The molecule has 0 radical (unpaired) electrons. The van der Waals surface area contributed by atoms with Crippen LogP contribution >= 0.6 is 11.6 Å². The van der Waals surface area contributed by atoms with Gasteiger partial charge in [-0.05, 0) is 19.1 Å². The summed E-state index contributed by atoms with van der Waals surface area (Å²) in [6.07, 6.45) is 3.77. The van der Waals surface area contributed by atoms with E-state index in [4.69, 9.17) is 16.3 Å². The van der Waals surface area contributed by atoms with E-state index in [1.165, 1.54) is 0 Å². The smallest absolute Gasteiger partial charge is 0.138 e. The zero-order valence-electron chi connectivity index (χ0n) is 9.06. The minimum absolute atomic E-state index is 0.441. The molecule has 0 atom stereocenters. The van der Waals surface area contributed by atoms with Crippen LogP contribution in [-0.2, 0) is 13.2 Å². The van der Waals surface area contributed by atoms with E-state index in [-0.39, 0.29) is 0 Å². The molecular weight excluding hydrogens is 224 g/mol. The lowest BCUT2D eigenvalue weighted by atomic mass is 10.3. The Bertz CT molecular complexity index is 468. The first-order valence-electron chi connectivity index (χ1n) is 5.17. The number of hydrogen-bond donors (Lipinski definition) is 0. The van der Waals surface area contributed by atoms with Crippen LogP contribution in [-0.4, -0.2) is 9.55 Å². The Kier molecular flexibility index (Phi) is 3.47. The maximum absolute atomic E-state index is 5.97. The summed E-state index contributed by atoms with van der Waals surface area (Å²) in [7, 11) is 0. The third-order valence-corrected chi connectivity index (χ3v) is 2.58. The fourth-order valence-electron chi connectivity index (χ4n) is 1.37. The molecule has 0 bridgehead atoms. The number of benzene rings is 1. The Morgan fingerprint density at radius 2 is 2.19 bits per heavy atom. The molecule has 4 heteroatoms. The lowest BCUT2D eigenvalue weighted by Gasteiger charge is -2.05. The number of rotatable bonds is 4. The van der Waals surface area contributed by atoms with Crippen molar-refractivity contribution in [2.75, 3.05) is 0 Å². The van der Waals surface area contributed by atoms with Crippen molar-refractivity contribution in [3.63, 3.8) is 0 Å². The first kappa shape index (κ1) is 11.0. The van der Waals surface area contributed by atoms with Gasteiger partial charge in [-0.1, -0.05) is 23.7 Å². The van der Waals surface area contributed by atoms with Gasteiger partial charge in [-0.15, -0.1) is 0 Å². The van der Waals surface area contributed by atoms with Gasteiger partial charge in [-0.25, -0.2) is 4.98 Å². The van der Waals surface area contributed by atoms with Gasteiger partial charge in [0.1, 0.15) is 12.4 Å². The molecule has 0 saturated heterocycles. The van der Waals surface area contributed by atoms with E-state index in [0.29, 0.717) is 17.4 Å². The van der Waals surface area contributed by atoms with Crippen molar-refractivity contribution in [2.45, 2.75) is 20.1 Å². The molecular formula is C12H13ClN2O. The fourth-order valence-corrected chi connectivity index (χ4v) is 1.56. The zero-order chi connectivity index (χ0) is 11.4. The van der Waals surface area contributed by atoms with Gasteiger partial charge in [0.2, 0.25) is 0 Å². The average molecular weight is 237 g/mol. The molecule has 0 amide bonds. The lowest BCUT2D eigenvalue weighted by molar-refractivity contribution is 0.302. The summed E-state index contributed by atoms with van der Waals surface area (Å²) in [4.78, 5) is 4.23. The third-order valence-electron chi connectivity index (χ3n) is 2.26. The van der Waals surface area contributed by atoms with E-state index < -0.39 is 0 Å². The lowest BCUT2D eigenvalue weighted by Crippen LogP contribution is -1.96. The molecule has 16 heavy (non-hydrogen) atoms. The third kappa shape index (κ3) is 2.55. The molecule has 0 aliphatic carbocycles. The Labute approximate surface area is 99.6 Å². The average Bonchev–Trinajstić information content (AvgIpc) is 2.76. The van der Waals surface area contributed by atoms with Crippen LogP contribution in [0.1, 0.15) is 12.6 Å². The first-order valence-corrected chi connectivity index (χ1v) is 5.55. The number of halogens is 1. The van der Waals surface area contributed by atoms with E-state index in [1.54, 1.807) is 6.33 Å². The van der Waals surface area contributed by atoms with Gasteiger partial charge in [-0.3, -0.25) is 0 Å². The summed E-state index contributed by atoms with van der Waals surface area (Å²) in [5, 5.41) is 0.623. The van der Waals surface area contributed by atoms with Gasteiger partial charge in [0.25, 0.3) is 0 Å². The molecule has 1 heterocycles. The molecule has 0 saturated carbocycles. The normalized spacial score (nSPS) is 10.4. The SMILES string of the molecule is CCn1cnc(COc2ccccc2Cl)c1. The zero-order valence-corrected chi connectivity index (χ0v) is 9.81. The summed E-state index contributed by atoms with van der Waals surface area (Å²) in [5.74, 6) is 0.690. The van der Waals surface area contributed by atoms with Crippen molar-refractivity contribution in [3.8, 4) is 5.75 Å². The van der Waals surface area contributed by atoms with Gasteiger partial charge in [0, 0.05) is 12.7 Å². The number of nitrogens with zero attached hydrogens (tertiary/aromatic N) is 2. The number of aromatic nitrogens is 2. The summed E-state index contributed by atoms with van der Waals surface area (Å²) < 4.78 is 7.58. The predicted octanol–water partition coefficient (Wildman–Crippen LogP) is 3.14. The van der Waals surface area contributed by atoms with Crippen LogP contribution in [0.2, 0.25) is 5.02 Å². The highest BCUT2D eigenvalue weighted by Crippen LogP contribution is 2.23. The van der Waals surface area contributed by atoms with Gasteiger partial charge >= 0.3 is 0 Å². The second kappa shape index (κ2) is 5.03. The Balaban J connectivity index is 1.99. The van der Waals surface area contributed by atoms with Gasteiger partial charge < -0.3 is 9.30 Å². The largest absolute Gasteiger partial charge is 0.486 e. The topological polar surface area (TPSA) is 27.1 Å². The molecule has 84 valence electrons. The quantitative estimate of drug-likeness (QED) is 0.816. The first-order chi connectivity index (χ1) is 7.79. The van der Waals surface area contributed by atoms with Gasteiger partial charge in [-0.2, -0.15) is 0 Å². The van der Waals surface area contributed by atoms with E-state index >= 15 is 0 Å². The van der Waals surface area contributed by atoms with Crippen LogP contribution in [0, 0.1) is 0 Å². The summed E-state index contributed by atoms with van der Waals surface area (Å²) in [6, 6.07) is 7.42. The molecule has 1 aromatic heterocycles. The van der Waals surface area contributed by atoms with Crippen molar-refractivity contribution in [1.82, 2.24) is 9.55 Å². The maximum atomic E-state index is 5.97. The van der Waals surface area contributed by atoms with Crippen molar-refractivity contribution >= 4 is 11.6 Å². The fraction of sp³-hybridized carbons (Fsp3) is 0.250. The van der Waals surface area contributed by atoms with E-state index in [9.17, 15) is 0 Å². The number of para-hydroxylation sites is 1. The van der Waals surface area contributed by atoms with Crippen LogP contribution in [0.5, 0.6) is 5.75 Å². The number of aryl methyl sites for hydroxylation is 1. The molecule has 2 rings (SSSR count). The summed E-state index contributed by atoms with van der Waals surface area (Å²) >= 11 is 5.97. The second-order valence-electron chi connectivity index (χ2n) is 3.41. The Morgan fingerprint density at radius 3 is 2.88 bits per heavy atom.